The second kappa shape index (κ2) is 4.54. The highest BCUT2D eigenvalue weighted by atomic mass is 19.1. The van der Waals surface area contributed by atoms with Crippen molar-refractivity contribution in [3.05, 3.63) is 39.7 Å². The van der Waals surface area contributed by atoms with Crippen molar-refractivity contribution in [2.24, 2.45) is 0 Å². The van der Waals surface area contributed by atoms with Crippen molar-refractivity contribution in [1.82, 2.24) is 10.6 Å². The molecule has 1 fully saturated rings. The molecule has 0 amide bonds. The van der Waals surface area contributed by atoms with Crippen molar-refractivity contribution in [1.29, 1.82) is 0 Å². The topological polar surface area (TPSA) is 67.2 Å². The van der Waals surface area contributed by atoms with Crippen LogP contribution in [0.4, 0.5) is 10.1 Å². The fourth-order valence-electron chi connectivity index (χ4n) is 1.84. The highest BCUT2D eigenvalue weighted by Crippen LogP contribution is 2.26. The lowest BCUT2D eigenvalue weighted by atomic mass is 10.0. The third-order valence-electron chi connectivity index (χ3n) is 2.60. The van der Waals surface area contributed by atoms with Crippen LogP contribution in [0, 0.1) is 15.9 Å². The quantitative estimate of drug-likeness (QED) is 0.581. The molecule has 2 N–H and O–H groups in total. The maximum absolute atomic E-state index is 13.1. The number of piperazine rings is 1. The zero-order chi connectivity index (χ0) is 11.5. The summed E-state index contributed by atoms with van der Waals surface area (Å²) in [5, 5.41) is 17.0. The zero-order valence-electron chi connectivity index (χ0n) is 8.57. The normalized spacial score (nSPS) is 20.7. The first-order valence-corrected chi connectivity index (χ1v) is 5.06. The molecule has 0 aliphatic carbocycles. The van der Waals surface area contributed by atoms with Gasteiger partial charge in [-0.3, -0.25) is 10.1 Å². The van der Waals surface area contributed by atoms with E-state index < -0.39 is 10.7 Å². The van der Waals surface area contributed by atoms with Crippen molar-refractivity contribution in [3.63, 3.8) is 0 Å². The Morgan fingerprint density at radius 1 is 1.44 bits per heavy atom. The summed E-state index contributed by atoms with van der Waals surface area (Å²) in [5.41, 5.74) is 0.361. The van der Waals surface area contributed by atoms with Gasteiger partial charge in [0.15, 0.2) is 0 Å². The number of benzene rings is 1. The van der Waals surface area contributed by atoms with Crippen LogP contribution in [0.25, 0.3) is 0 Å². The van der Waals surface area contributed by atoms with E-state index in [0.29, 0.717) is 12.1 Å². The van der Waals surface area contributed by atoms with Crippen LogP contribution in [0.1, 0.15) is 11.6 Å². The largest absolute Gasteiger partial charge is 0.314 e. The summed E-state index contributed by atoms with van der Waals surface area (Å²) >= 11 is 0. The number of nitrogens with zero attached hydrogens (tertiary/aromatic N) is 1. The maximum Gasteiger partial charge on any atom is 0.274 e. The molecule has 1 heterocycles. The third kappa shape index (κ3) is 2.17. The van der Waals surface area contributed by atoms with E-state index >= 15 is 0 Å². The number of hydrogen-bond acceptors (Lipinski definition) is 4. The summed E-state index contributed by atoms with van der Waals surface area (Å²) in [5.74, 6) is -0.451. The molecule has 0 radical (unpaired) electrons. The van der Waals surface area contributed by atoms with Crippen molar-refractivity contribution in [2.75, 3.05) is 19.6 Å². The second-order valence-corrected chi connectivity index (χ2v) is 3.67. The van der Waals surface area contributed by atoms with Gasteiger partial charge in [-0.15, -0.1) is 0 Å². The van der Waals surface area contributed by atoms with Crippen molar-refractivity contribution in [3.8, 4) is 0 Å². The molecule has 1 aliphatic rings. The van der Waals surface area contributed by atoms with Crippen LogP contribution in [0.3, 0.4) is 0 Å². The van der Waals surface area contributed by atoms with Crippen LogP contribution >= 0.6 is 0 Å². The first kappa shape index (κ1) is 11.0. The molecule has 0 bridgehead atoms. The van der Waals surface area contributed by atoms with Gasteiger partial charge in [-0.2, -0.15) is 0 Å². The third-order valence-corrected chi connectivity index (χ3v) is 2.60. The molecule has 5 nitrogen and oxygen atoms in total. The van der Waals surface area contributed by atoms with Gasteiger partial charge >= 0.3 is 0 Å². The average molecular weight is 225 g/mol. The SMILES string of the molecule is O=[N+]([O-])c1ccc(F)cc1C1CNCCN1. The highest BCUT2D eigenvalue weighted by molar-refractivity contribution is 5.42. The van der Waals surface area contributed by atoms with E-state index in [1.165, 1.54) is 12.1 Å². The lowest BCUT2D eigenvalue weighted by molar-refractivity contribution is -0.385. The van der Waals surface area contributed by atoms with E-state index in [9.17, 15) is 14.5 Å². The standard InChI is InChI=1S/C10H12FN3O2/c11-7-1-2-10(14(15)16)8(5-7)9-6-12-3-4-13-9/h1-2,5,9,12-13H,3-4,6H2. The summed E-state index contributed by atoms with van der Waals surface area (Å²) in [7, 11) is 0. The Morgan fingerprint density at radius 2 is 2.25 bits per heavy atom. The predicted octanol–water partition coefficient (Wildman–Crippen LogP) is 0.968. The van der Waals surface area contributed by atoms with Gasteiger partial charge in [-0.25, -0.2) is 4.39 Å². The Hall–Kier alpha value is -1.53. The molecular formula is C10H12FN3O2. The number of halogens is 1. The number of nitro benzene ring substituents is 1. The summed E-state index contributed by atoms with van der Waals surface area (Å²) in [6, 6.07) is 3.34. The van der Waals surface area contributed by atoms with Crippen LogP contribution in [-0.2, 0) is 0 Å². The van der Waals surface area contributed by atoms with Gasteiger partial charge in [-0.05, 0) is 12.1 Å². The van der Waals surface area contributed by atoms with Crippen LogP contribution in [0.2, 0.25) is 0 Å². The predicted molar refractivity (Wildman–Crippen MR) is 56.7 cm³/mol. The Labute approximate surface area is 91.8 Å². The van der Waals surface area contributed by atoms with Gasteiger partial charge < -0.3 is 10.6 Å². The fraction of sp³-hybridized carbons (Fsp3) is 0.400. The summed E-state index contributed by atoms with van der Waals surface area (Å²) in [4.78, 5) is 10.3. The number of hydrogen-bond donors (Lipinski definition) is 2. The number of nitrogens with one attached hydrogen (secondary N) is 2. The van der Waals surface area contributed by atoms with Crippen molar-refractivity contribution in [2.45, 2.75) is 6.04 Å². The summed E-state index contributed by atoms with van der Waals surface area (Å²) in [6.45, 7) is 2.11. The molecule has 0 spiro atoms. The minimum absolute atomic E-state index is 0.0393. The van der Waals surface area contributed by atoms with E-state index in [0.717, 1.165) is 19.2 Å². The van der Waals surface area contributed by atoms with Gasteiger partial charge in [0.05, 0.1) is 16.5 Å². The Bertz CT molecular complexity index is 405. The molecule has 1 unspecified atom stereocenters. The van der Waals surface area contributed by atoms with E-state index in [-0.39, 0.29) is 11.7 Å². The molecule has 6 heteroatoms. The van der Waals surface area contributed by atoms with E-state index in [2.05, 4.69) is 10.6 Å². The minimum atomic E-state index is -0.481. The monoisotopic (exact) mass is 225 g/mol. The van der Waals surface area contributed by atoms with Crippen LogP contribution < -0.4 is 10.6 Å². The van der Waals surface area contributed by atoms with E-state index in [1.807, 2.05) is 0 Å². The molecule has 1 aliphatic heterocycles. The number of nitro groups is 1. The smallest absolute Gasteiger partial charge is 0.274 e. The Kier molecular flexibility index (Phi) is 3.12. The first-order chi connectivity index (χ1) is 7.68. The van der Waals surface area contributed by atoms with Crippen molar-refractivity contribution < 1.29 is 9.31 Å². The lowest BCUT2D eigenvalue weighted by Gasteiger charge is -2.24. The van der Waals surface area contributed by atoms with Crippen molar-refractivity contribution >= 4 is 5.69 Å². The minimum Gasteiger partial charge on any atom is -0.314 e. The average Bonchev–Trinajstić information content (AvgIpc) is 2.29. The fourth-order valence-corrected chi connectivity index (χ4v) is 1.84. The Morgan fingerprint density at radius 3 is 2.88 bits per heavy atom. The Balaban J connectivity index is 2.36. The molecular weight excluding hydrogens is 213 g/mol. The van der Waals surface area contributed by atoms with Gasteiger partial charge in [0.25, 0.3) is 5.69 Å². The lowest BCUT2D eigenvalue weighted by Crippen LogP contribution is -2.42. The molecule has 0 aromatic heterocycles. The maximum atomic E-state index is 13.1. The van der Waals surface area contributed by atoms with Crippen LogP contribution in [0.5, 0.6) is 0 Å². The zero-order valence-corrected chi connectivity index (χ0v) is 8.57. The summed E-state index contributed by atoms with van der Waals surface area (Å²) < 4.78 is 13.1. The van der Waals surface area contributed by atoms with Crippen LogP contribution in [-0.4, -0.2) is 24.6 Å². The molecule has 1 aromatic rings. The molecule has 0 saturated carbocycles. The van der Waals surface area contributed by atoms with Gasteiger partial charge in [0, 0.05) is 25.7 Å². The first-order valence-electron chi connectivity index (χ1n) is 5.06. The molecule has 1 saturated heterocycles. The van der Waals surface area contributed by atoms with E-state index in [1.54, 1.807) is 0 Å². The van der Waals surface area contributed by atoms with Gasteiger partial charge in [0.1, 0.15) is 5.82 Å². The molecule has 16 heavy (non-hydrogen) atoms. The van der Waals surface area contributed by atoms with E-state index in [4.69, 9.17) is 0 Å². The highest BCUT2D eigenvalue weighted by Gasteiger charge is 2.23. The summed E-state index contributed by atoms with van der Waals surface area (Å²) in [6.07, 6.45) is 0. The number of rotatable bonds is 2. The molecule has 1 atom stereocenters. The molecule has 86 valence electrons. The second-order valence-electron chi connectivity index (χ2n) is 3.67. The molecule has 2 rings (SSSR count). The van der Waals surface area contributed by atoms with Gasteiger partial charge in [-0.1, -0.05) is 0 Å². The molecule has 1 aromatic carbocycles. The van der Waals surface area contributed by atoms with Crippen LogP contribution in [0.15, 0.2) is 18.2 Å². The van der Waals surface area contributed by atoms with Gasteiger partial charge in [0.2, 0.25) is 0 Å².